The molecule has 2 atom stereocenters. The van der Waals surface area contributed by atoms with E-state index in [1.807, 2.05) is 73.7 Å². The molecule has 1 aromatic heterocycles. The summed E-state index contributed by atoms with van der Waals surface area (Å²) in [6.45, 7) is 1.92. The zero-order valence-corrected chi connectivity index (χ0v) is 16.5. The van der Waals surface area contributed by atoms with Crippen molar-refractivity contribution >= 4 is 29.3 Å². The standard InChI is InChI=1S/C22H20ClNO2S/c1-2-22(21(25)26,17-8-4-3-5-9-17)20(16-7-6-14-24-15-16)27-19-12-10-18(23)11-13-19/h3-15,20H,2H2,1H3,(H,25,26). The maximum atomic E-state index is 12.7. The predicted molar refractivity (Wildman–Crippen MR) is 110 cm³/mol. The molecule has 0 bridgehead atoms. The molecule has 0 aliphatic carbocycles. The molecule has 0 aliphatic heterocycles. The van der Waals surface area contributed by atoms with Crippen LogP contribution in [0.5, 0.6) is 0 Å². The second-order valence-electron chi connectivity index (χ2n) is 6.23. The third-order valence-corrected chi connectivity index (χ3v) is 6.44. The number of carboxylic acids is 1. The molecule has 0 saturated carbocycles. The van der Waals surface area contributed by atoms with Crippen molar-refractivity contribution in [2.24, 2.45) is 0 Å². The first-order valence-corrected chi connectivity index (χ1v) is 9.94. The molecule has 0 amide bonds. The van der Waals surface area contributed by atoms with E-state index in [-0.39, 0.29) is 5.25 Å². The Morgan fingerprint density at radius 3 is 2.37 bits per heavy atom. The molecule has 0 radical (unpaired) electrons. The highest BCUT2D eigenvalue weighted by Crippen LogP contribution is 2.51. The van der Waals surface area contributed by atoms with Gasteiger partial charge in [0, 0.05) is 22.3 Å². The number of hydrogen-bond donors (Lipinski definition) is 1. The van der Waals surface area contributed by atoms with Gasteiger partial charge in [-0.15, -0.1) is 11.8 Å². The molecular weight excluding hydrogens is 378 g/mol. The quantitative estimate of drug-likeness (QED) is 0.496. The third-order valence-electron chi connectivity index (χ3n) is 4.73. The summed E-state index contributed by atoms with van der Waals surface area (Å²) in [7, 11) is 0. The summed E-state index contributed by atoms with van der Waals surface area (Å²) in [6.07, 6.45) is 3.90. The Balaban J connectivity index is 2.16. The fraction of sp³-hybridized carbons (Fsp3) is 0.182. The van der Waals surface area contributed by atoms with Crippen LogP contribution in [0.15, 0.2) is 84.0 Å². The van der Waals surface area contributed by atoms with Crippen molar-refractivity contribution in [1.82, 2.24) is 4.98 Å². The molecule has 0 aliphatic rings. The fourth-order valence-corrected chi connectivity index (χ4v) is 4.87. The largest absolute Gasteiger partial charge is 0.481 e. The molecule has 3 aromatic rings. The lowest BCUT2D eigenvalue weighted by Crippen LogP contribution is -2.40. The van der Waals surface area contributed by atoms with E-state index < -0.39 is 11.4 Å². The Kier molecular flexibility index (Phi) is 6.19. The molecule has 5 heteroatoms. The topological polar surface area (TPSA) is 50.2 Å². The lowest BCUT2D eigenvalue weighted by Gasteiger charge is -2.37. The number of hydrogen-bond acceptors (Lipinski definition) is 3. The Bertz CT molecular complexity index is 887. The van der Waals surface area contributed by atoms with E-state index in [1.54, 1.807) is 12.4 Å². The molecule has 2 aromatic carbocycles. The Morgan fingerprint density at radius 2 is 1.81 bits per heavy atom. The first kappa shape index (κ1) is 19.5. The number of aromatic nitrogens is 1. The summed E-state index contributed by atoms with van der Waals surface area (Å²) < 4.78 is 0. The van der Waals surface area contributed by atoms with Gasteiger partial charge in [0.2, 0.25) is 0 Å². The smallest absolute Gasteiger partial charge is 0.315 e. The van der Waals surface area contributed by atoms with Gasteiger partial charge in [0.15, 0.2) is 0 Å². The molecule has 3 rings (SSSR count). The van der Waals surface area contributed by atoms with Crippen molar-refractivity contribution in [3.63, 3.8) is 0 Å². The van der Waals surface area contributed by atoms with Crippen LogP contribution in [0.2, 0.25) is 5.02 Å². The summed E-state index contributed by atoms with van der Waals surface area (Å²) in [5.41, 5.74) is 0.579. The number of halogens is 1. The molecule has 2 unspecified atom stereocenters. The van der Waals surface area contributed by atoms with Crippen LogP contribution < -0.4 is 0 Å². The normalized spacial score (nSPS) is 14.3. The van der Waals surface area contributed by atoms with Crippen LogP contribution in [0.25, 0.3) is 0 Å². The number of carbonyl (C=O) groups is 1. The minimum atomic E-state index is -1.09. The van der Waals surface area contributed by atoms with Crippen LogP contribution in [-0.2, 0) is 10.2 Å². The summed E-state index contributed by atoms with van der Waals surface area (Å²) in [5, 5.41) is 10.7. The van der Waals surface area contributed by atoms with Crippen LogP contribution >= 0.6 is 23.4 Å². The zero-order chi connectivity index (χ0) is 19.3. The van der Waals surface area contributed by atoms with Gasteiger partial charge < -0.3 is 5.11 Å². The first-order valence-electron chi connectivity index (χ1n) is 8.69. The third kappa shape index (κ3) is 4.02. The molecule has 0 spiro atoms. The van der Waals surface area contributed by atoms with Gasteiger partial charge in [-0.05, 0) is 47.9 Å². The minimum Gasteiger partial charge on any atom is -0.481 e. The van der Waals surface area contributed by atoms with E-state index in [0.29, 0.717) is 11.4 Å². The number of thioether (sulfide) groups is 1. The average molecular weight is 398 g/mol. The molecule has 138 valence electrons. The highest BCUT2D eigenvalue weighted by molar-refractivity contribution is 7.99. The number of aliphatic carboxylic acids is 1. The van der Waals surface area contributed by atoms with Crippen molar-refractivity contribution in [2.45, 2.75) is 28.9 Å². The van der Waals surface area contributed by atoms with Crippen molar-refractivity contribution in [3.05, 3.63) is 95.3 Å². The van der Waals surface area contributed by atoms with Gasteiger partial charge in [-0.25, -0.2) is 0 Å². The molecule has 0 fully saturated rings. The molecule has 1 N–H and O–H groups in total. The van der Waals surface area contributed by atoms with Gasteiger partial charge in [0.25, 0.3) is 0 Å². The summed E-state index contributed by atoms with van der Waals surface area (Å²) in [5.74, 6) is -0.841. The van der Waals surface area contributed by atoms with Crippen molar-refractivity contribution < 1.29 is 9.90 Å². The van der Waals surface area contributed by atoms with Gasteiger partial charge >= 0.3 is 5.97 Å². The van der Waals surface area contributed by atoms with Gasteiger partial charge in [-0.3, -0.25) is 9.78 Å². The van der Waals surface area contributed by atoms with Crippen LogP contribution in [0.1, 0.15) is 29.7 Å². The zero-order valence-electron chi connectivity index (χ0n) is 14.9. The maximum absolute atomic E-state index is 12.7. The number of benzene rings is 2. The Hall–Kier alpha value is -2.30. The summed E-state index contributed by atoms with van der Waals surface area (Å²) in [6, 6.07) is 20.7. The van der Waals surface area contributed by atoms with Gasteiger partial charge in [-0.2, -0.15) is 0 Å². The van der Waals surface area contributed by atoms with Crippen LogP contribution in [0.3, 0.4) is 0 Å². The lowest BCUT2D eigenvalue weighted by molar-refractivity contribution is -0.144. The monoisotopic (exact) mass is 397 g/mol. The first-order chi connectivity index (χ1) is 13.1. The number of carboxylic acid groups (broad SMARTS) is 1. The highest BCUT2D eigenvalue weighted by atomic mass is 35.5. The summed E-state index contributed by atoms with van der Waals surface area (Å²) in [4.78, 5) is 17.9. The Morgan fingerprint density at radius 1 is 1.11 bits per heavy atom. The van der Waals surface area contributed by atoms with Crippen LogP contribution in [-0.4, -0.2) is 16.1 Å². The maximum Gasteiger partial charge on any atom is 0.315 e. The molecule has 3 nitrogen and oxygen atoms in total. The number of nitrogens with zero attached hydrogens (tertiary/aromatic N) is 1. The fourth-order valence-electron chi connectivity index (χ4n) is 3.30. The van der Waals surface area contributed by atoms with Crippen LogP contribution in [0.4, 0.5) is 0 Å². The highest BCUT2D eigenvalue weighted by Gasteiger charge is 2.47. The second kappa shape index (κ2) is 8.59. The van der Waals surface area contributed by atoms with E-state index in [9.17, 15) is 9.90 Å². The second-order valence-corrected chi connectivity index (χ2v) is 7.85. The van der Waals surface area contributed by atoms with Crippen molar-refractivity contribution in [3.8, 4) is 0 Å². The number of pyridine rings is 1. The predicted octanol–water partition coefficient (Wildman–Crippen LogP) is 6.00. The van der Waals surface area contributed by atoms with E-state index in [0.717, 1.165) is 16.0 Å². The van der Waals surface area contributed by atoms with Gasteiger partial charge in [0.1, 0.15) is 5.41 Å². The molecule has 1 heterocycles. The lowest BCUT2D eigenvalue weighted by atomic mass is 9.73. The van der Waals surface area contributed by atoms with Crippen molar-refractivity contribution in [1.29, 1.82) is 0 Å². The van der Waals surface area contributed by atoms with Crippen molar-refractivity contribution in [2.75, 3.05) is 0 Å². The van der Waals surface area contributed by atoms with Gasteiger partial charge in [-0.1, -0.05) is 54.9 Å². The summed E-state index contributed by atoms with van der Waals surface area (Å²) >= 11 is 7.54. The van der Waals surface area contributed by atoms with Crippen LogP contribution in [0, 0.1) is 0 Å². The SMILES string of the molecule is CCC(C(=O)O)(c1ccccc1)C(Sc1ccc(Cl)cc1)c1cccnc1. The van der Waals surface area contributed by atoms with E-state index in [2.05, 4.69) is 4.98 Å². The van der Waals surface area contributed by atoms with E-state index in [1.165, 1.54) is 11.8 Å². The van der Waals surface area contributed by atoms with E-state index >= 15 is 0 Å². The number of rotatable bonds is 7. The average Bonchev–Trinajstić information content (AvgIpc) is 2.71. The molecule has 27 heavy (non-hydrogen) atoms. The minimum absolute atomic E-state index is 0.350. The molecule has 0 saturated heterocycles. The Labute approximate surface area is 168 Å². The van der Waals surface area contributed by atoms with E-state index in [4.69, 9.17) is 11.6 Å². The molecular formula is C22H20ClNO2S. The van der Waals surface area contributed by atoms with Gasteiger partial charge in [0.05, 0.1) is 5.25 Å².